The van der Waals surface area contributed by atoms with E-state index >= 15 is 0 Å². The molecule has 10 heteroatoms. The summed E-state index contributed by atoms with van der Waals surface area (Å²) in [6.07, 6.45) is 10.3. The quantitative estimate of drug-likeness (QED) is 0.524. The minimum absolute atomic E-state index is 0.0702. The molecule has 0 unspecified atom stereocenters. The number of methoxy groups -OCH3 is 1. The van der Waals surface area contributed by atoms with Crippen LogP contribution in [-0.4, -0.2) is 67.7 Å². The first-order chi connectivity index (χ1) is 18.0. The average molecular weight is 508 g/mol. The summed E-state index contributed by atoms with van der Waals surface area (Å²) < 4.78 is 5.60. The van der Waals surface area contributed by atoms with Gasteiger partial charge in [0.05, 0.1) is 19.0 Å². The molecule has 1 saturated heterocycles. The van der Waals surface area contributed by atoms with E-state index in [0.29, 0.717) is 54.5 Å². The highest BCUT2D eigenvalue weighted by Crippen LogP contribution is 2.37. The zero-order valence-electron chi connectivity index (χ0n) is 21.8. The van der Waals surface area contributed by atoms with Gasteiger partial charge in [-0.15, -0.1) is 0 Å². The van der Waals surface area contributed by atoms with Crippen LogP contribution in [0.15, 0.2) is 24.4 Å². The Morgan fingerprint density at radius 1 is 1.19 bits per heavy atom. The normalized spacial score (nSPS) is 20.4. The highest BCUT2D eigenvalue weighted by atomic mass is 16.5. The van der Waals surface area contributed by atoms with Crippen LogP contribution in [0.25, 0.3) is 0 Å². The van der Waals surface area contributed by atoms with Crippen molar-refractivity contribution in [2.24, 2.45) is 0 Å². The lowest BCUT2D eigenvalue weighted by Gasteiger charge is -2.30. The van der Waals surface area contributed by atoms with Crippen molar-refractivity contribution < 1.29 is 14.3 Å². The summed E-state index contributed by atoms with van der Waals surface area (Å²) in [5.41, 5.74) is 1.93. The molecule has 1 aliphatic carbocycles. The lowest BCUT2D eigenvalue weighted by molar-refractivity contribution is -0.118. The minimum Gasteiger partial charge on any atom is -0.495 e. The Kier molecular flexibility index (Phi) is 7.73. The van der Waals surface area contributed by atoms with E-state index in [2.05, 4.69) is 25.8 Å². The van der Waals surface area contributed by atoms with Gasteiger partial charge in [0.2, 0.25) is 11.9 Å². The van der Waals surface area contributed by atoms with Crippen LogP contribution < -0.4 is 30.5 Å². The topological polar surface area (TPSA) is 112 Å². The fourth-order valence-corrected chi connectivity index (χ4v) is 5.54. The zero-order valence-corrected chi connectivity index (χ0v) is 21.8. The molecule has 0 radical (unpaired) electrons. The van der Waals surface area contributed by atoms with E-state index in [1.807, 2.05) is 6.07 Å². The molecule has 3 aliphatic rings. The van der Waals surface area contributed by atoms with E-state index in [0.717, 1.165) is 37.3 Å². The lowest BCUT2D eigenvalue weighted by atomic mass is 10.0. The Bertz CT molecular complexity index is 1130. The van der Waals surface area contributed by atoms with Crippen molar-refractivity contribution in [2.45, 2.75) is 63.5 Å². The third-order valence-electron chi connectivity index (χ3n) is 7.72. The largest absolute Gasteiger partial charge is 0.495 e. The first-order valence-electron chi connectivity index (χ1n) is 13.4. The van der Waals surface area contributed by atoms with E-state index in [1.54, 1.807) is 37.4 Å². The molecule has 5 rings (SSSR count). The molecule has 37 heavy (non-hydrogen) atoms. The summed E-state index contributed by atoms with van der Waals surface area (Å²) in [7, 11) is 3.36. The number of nitrogens with one attached hydrogen (secondary N) is 3. The number of anilines is 4. The highest BCUT2D eigenvalue weighted by Gasteiger charge is 2.31. The monoisotopic (exact) mass is 507 g/mol. The summed E-state index contributed by atoms with van der Waals surface area (Å²) in [4.78, 5) is 38.7. The van der Waals surface area contributed by atoms with Crippen LogP contribution in [0, 0.1) is 0 Å². The summed E-state index contributed by atoms with van der Waals surface area (Å²) in [6.45, 7) is 2.27. The van der Waals surface area contributed by atoms with Gasteiger partial charge in [-0.2, -0.15) is 4.98 Å². The van der Waals surface area contributed by atoms with Crippen LogP contribution in [0.2, 0.25) is 0 Å². The standard InChI is InChI=1S/C27H37N7O3/c1-33-22-17-30-27(32-25(22)34(14-12-24(33)35)20-8-3-4-9-20)31-21-11-10-18(15-23(21)37-2)26(36)29-16-19-7-5-6-13-28-19/h10-11,15,17,19-20,28H,3-9,12-14,16H2,1-2H3,(H,29,36)(H,30,31,32)/t19-/m1/s1. The maximum Gasteiger partial charge on any atom is 0.251 e. The van der Waals surface area contributed by atoms with Crippen LogP contribution in [0.5, 0.6) is 5.75 Å². The summed E-state index contributed by atoms with van der Waals surface area (Å²) in [5.74, 6) is 1.67. The van der Waals surface area contributed by atoms with E-state index in [9.17, 15) is 9.59 Å². The first-order valence-corrected chi connectivity index (χ1v) is 13.4. The molecule has 2 amide bonds. The number of carbonyl (C=O) groups excluding carboxylic acids is 2. The Morgan fingerprint density at radius 2 is 2.00 bits per heavy atom. The SMILES string of the molecule is COc1cc(C(=O)NC[C@H]2CCCCN2)ccc1Nc1ncc2c(n1)N(C1CCCC1)CCC(=O)N2C. The molecule has 3 heterocycles. The number of rotatable bonds is 7. The Balaban J connectivity index is 1.34. The van der Waals surface area contributed by atoms with Crippen molar-refractivity contribution in [3.05, 3.63) is 30.0 Å². The molecule has 0 spiro atoms. The highest BCUT2D eigenvalue weighted by molar-refractivity contribution is 5.97. The predicted octanol–water partition coefficient (Wildman–Crippen LogP) is 3.22. The van der Waals surface area contributed by atoms with Gasteiger partial charge in [0.25, 0.3) is 5.91 Å². The number of ether oxygens (including phenoxy) is 1. The van der Waals surface area contributed by atoms with Gasteiger partial charge in [-0.3, -0.25) is 9.59 Å². The number of carbonyl (C=O) groups is 2. The molecular weight excluding hydrogens is 470 g/mol. The van der Waals surface area contributed by atoms with Gasteiger partial charge >= 0.3 is 0 Å². The Labute approximate surface area is 218 Å². The summed E-state index contributed by atoms with van der Waals surface area (Å²) in [5, 5.41) is 9.74. The fourth-order valence-electron chi connectivity index (χ4n) is 5.54. The van der Waals surface area contributed by atoms with Crippen LogP contribution in [0.1, 0.15) is 61.7 Å². The van der Waals surface area contributed by atoms with E-state index in [4.69, 9.17) is 9.72 Å². The number of hydrogen-bond donors (Lipinski definition) is 3. The van der Waals surface area contributed by atoms with Crippen LogP contribution in [0.3, 0.4) is 0 Å². The first kappa shape index (κ1) is 25.3. The molecule has 3 N–H and O–H groups in total. The smallest absolute Gasteiger partial charge is 0.251 e. The van der Waals surface area contributed by atoms with Gasteiger partial charge in [-0.05, 0) is 50.4 Å². The molecule has 198 valence electrons. The molecule has 1 aromatic carbocycles. The number of piperidine rings is 1. The van der Waals surface area contributed by atoms with Crippen molar-refractivity contribution in [2.75, 3.05) is 48.9 Å². The second-order valence-electron chi connectivity index (χ2n) is 10.1. The average Bonchev–Trinajstić information content (AvgIpc) is 3.43. The molecule has 1 atom stereocenters. The summed E-state index contributed by atoms with van der Waals surface area (Å²) in [6, 6.07) is 6.02. The Morgan fingerprint density at radius 3 is 2.76 bits per heavy atom. The van der Waals surface area contributed by atoms with Gasteiger partial charge in [0.15, 0.2) is 5.82 Å². The number of fused-ring (bicyclic) bond motifs is 1. The van der Waals surface area contributed by atoms with Crippen molar-refractivity contribution in [3.8, 4) is 5.75 Å². The van der Waals surface area contributed by atoms with E-state index in [1.165, 1.54) is 25.7 Å². The van der Waals surface area contributed by atoms with Crippen LogP contribution in [-0.2, 0) is 4.79 Å². The van der Waals surface area contributed by atoms with Crippen molar-refractivity contribution in [1.82, 2.24) is 20.6 Å². The summed E-state index contributed by atoms with van der Waals surface area (Å²) >= 11 is 0. The maximum absolute atomic E-state index is 12.8. The molecule has 2 aliphatic heterocycles. The van der Waals surface area contributed by atoms with Gasteiger partial charge in [-0.25, -0.2) is 4.98 Å². The van der Waals surface area contributed by atoms with Crippen LogP contribution >= 0.6 is 0 Å². The van der Waals surface area contributed by atoms with Crippen molar-refractivity contribution in [1.29, 1.82) is 0 Å². The predicted molar refractivity (Wildman–Crippen MR) is 144 cm³/mol. The van der Waals surface area contributed by atoms with Crippen molar-refractivity contribution in [3.63, 3.8) is 0 Å². The lowest BCUT2D eigenvalue weighted by Crippen LogP contribution is -2.43. The number of benzene rings is 1. The van der Waals surface area contributed by atoms with Gasteiger partial charge < -0.3 is 30.5 Å². The number of nitrogens with zero attached hydrogens (tertiary/aromatic N) is 4. The minimum atomic E-state index is -0.126. The van der Waals surface area contributed by atoms with E-state index in [-0.39, 0.29) is 11.8 Å². The fraction of sp³-hybridized carbons (Fsp3) is 0.556. The third kappa shape index (κ3) is 5.64. The molecule has 0 bridgehead atoms. The van der Waals surface area contributed by atoms with Crippen molar-refractivity contribution >= 4 is 35.0 Å². The second kappa shape index (κ2) is 11.3. The van der Waals surface area contributed by atoms with E-state index < -0.39 is 0 Å². The molecule has 10 nitrogen and oxygen atoms in total. The second-order valence-corrected chi connectivity index (χ2v) is 10.1. The number of aromatic nitrogens is 2. The molecule has 1 aromatic heterocycles. The zero-order chi connectivity index (χ0) is 25.8. The number of hydrogen-bond acceptors (Lipinski definition) is 8. The van der Waals surface area contributed by atoms with Gasteiger partial charge in [0.1, 0.15) is 11.4 Å². The van der Waals surface area contributed by atoms with Gasteiger partial charge in [-0.1, -0.05) is 19.3 Å². The molecule has 1 saturated carbocycles. The maximum atomic E-state index is 12.8. The molecule has 2 fully saturated rings. The molecular formula is C27H37N7O3. The third-order valence-corrected chi connectivity index (χ3v) is 7.72. The number of amides is 2. The molecule has 2 aromatic rings. The Hall–Kier alpha value is -3.40. The van der Waals surface area contributed by atoms with Gasteiger partial charge in [0, 0.05) is 44.2 Å². The van der Waals surface area contributed by atoms with Crippen LogP contribution in [0.4, 0.5) is 23.1 Å².